The summed E-state index contributed by atoms with van der Waals surface area (Å²) >= 11 is 12.3. The van der Waals surface area contributed by atoms with Crippen LogP contribution in [0.5, 0.6) is 0 Å². The van der Waals surface area contributed by atoms with Crippen molar-refractivity contribution in [2.45, 2.75) is 18.4 Å². The van der Waals surface area contributed by atoms with Crippen molar-refractivity contribution in [3.05, 3.63) is 75.5 Å². The first kappa shape index (κ1) is 20.3. The van der Waals surface area contributed by atoms with Gasteiger partial charge in [-0.25, -0.2) is 18.2 Å². The van der Waals surface area contributed by atoms with Gasteiger partial charge in [0, 0.05) is 5.02 Å². The van der Waals surface area contributed by atoms with Crippen LogP contribution in [0.25, 0.3) is 0 Å². The second-order valence-electron chi connectivity index (χ2n) is 6.01. The van der Waals surface area contributed by atoms with Crippen LogP contribution in [0.3, 0.4) is 0 Å². The molecule has 0 aliphatic carbocycles. The number of hydrazone groups is 1. The van der Waals surface area contributed by atoms with Gasteiger partial charge in [0.2, 0.25) is 10.0 Å². The van der Waals surface area contributed by atoms with Crippen LogP contribution in [0.15, 0.2) is 58.5 Å². The number of nitrogens with zero attached hydrogens (tertiary/aromatic N) is 3. The van der Waals surface area contributed by atoms with Crippen molar-refractivity contribution < 1.29 is 8.42 Å². The number of sulfonamides is 1. The number of benzene rings is 2. The Morgan fingerprint density at radius 3 is 2.39 bits per heavy atom. The minimum absolute atomic E-state index is 0.0318. The van der Waals surface area contributed by atoms with Gasteiger partial charge in [0.25, 0.3) is 0 Å². The third-order valence-corrected chi connectivity index (χ3v) is 5.51. The van der Waals surface area contributed by atoms with E-state index in [4.69, 9.17) is 28.3 Å². The SMILES string of the molecule is Cc1nn(Cc2ccc(Cl)cc2)c(Cl)c1/C=N/Nc1ccc(S(N)(=O)=O)cc1. The average Bonchev–Trinajstić information content (AvgIpc) is 2.90. The molecular formula is C18H17Cl2N5O2S. The molecule has 0 bridgehead atoms. The van der Waals surface area contributed by atoms with Crippen molar-refractivity contribution >= 4 is 45.1 Å². The van der Waals surface area contributed by atoms with Crippen molar-refractivity contribution in [2.75, 3.05) is 5.43 Å². The molecule has 0 unspecified atom stereocenters. The van der Waals surface area contributed by atoms with Crippen molar-refractivity contribution in [3.8, 4) is 0 Å². The molecule has 0 spiro atoms. The maximum absolute atomic E-state index is 11.3. The van der Waals surface area contributed by atoms with E-state index in [1.165, 1.54) is 12.1 Å². The number of anilines is 1. The predicted octanol–water partition coefficient (Wildman–Crippen LogP) is 3.64. The number of nitrogens with two attached hydrogens (primary N) is 1. The summed E-state index contributed by atoms with van der Waals surface area (Å²) in [5, 5.41) is 14.8. The molecule has 146 valence electrons. The first-order valence-electron chi connectivity index (χ1n) is 8.13. The van der Waals surface area contributed by atoms with E-state index in [0.29, 0.717) is 28.0 Å². The Bertz CT molecular complexity index is 1110. The van der Waals surface area contributed by atoms with Crippen LogP contribution in [-0.2, 0) is 16.6 Å². The Morgan fingerprint density at radius 1 is 1.14 bits per heavy atom. The largest absolute Gasteiger partial charge is 0.279 e. The van der Waals surface area contributed by atoms with Crippen molar-refractivity contribution in [1.82, 2.24) is 9.78 Å². The molecule has 0 aliphatic rings. The highest BCUT2D eigenvalue weighted by Crippen LogP contribution is 2.20. The maximum atomic E-state index is 11.3. The number of rotatable bonds is 6. The van der Waals surface area contributed by atoms with Crippen LogP contribution in [0, 0.1) is 6.92 Å². The van der Waals surface area contributed by atoms with Gasteiger partial charge in [-0.15, -0.1) is 0 Å². The monoisotopic (exact) mass is 437 g/mol. The van der Waals surface area contributed by atoms with E-state index in [1.54, 1.807) is 23.0 Å². The first-order valence-corrected chi connectivity index (χ1v) is 10.4. The Balaban J connectivity index is 1.72. The molecule has 0 saturated carbocycles. The molecule has 0 aliphatic heterocycles. The minimum atomic E-state index is -3.72. The lowest BCUT2D eigenvalue weighted by Gasteiger charge is -2.04. The fourth-order valence-corrected chi connectivity index (χ4v) is 3.40. The van der Waals surface area contributed by atoms with Gasteiger partial charge in [0.15, 0.2) is 0 Å². The summed E-state index contributed by atoms with van der Waals surface area (Å²) in [6, 6.07) is 13.4. The second kappa shape index (κ2) is 8.32. The summed E-state index contributed by atoms with van der Waals surface area (Å²) in [4.78, 5) is 0.0318. The van der Waals surface area contributed by atoms with Gasteiger partial charge in [0.1, 0.15) is 5.15 Å². The number of hydrogen-bond donors (Lipinski definition) is 2. The highest BCUT2D eigenvalue weighted by atomic mass is 35.5. The Hall–Kier alpha value is -2.39. The van der Waals surface area contributed by atoms with Crippen molar-refractivity contribution in [2.24, 2.45) is 10.2 Å². The molecule has 28 heavy (non-hydrogen) atoms. The molecule has 0 fully saturated rings. The third-order valence-electron chi connectivity index (χ3n) is 3.93. The van der Waals surface area contributed by atoms with E-state index in [9.17, 15) is 8.42 Å². The van der Waals surface area contributed by atoms with E-state index in [0.717, 1.165) is 11.3 Å². The number of nitrogens with one attached hydrogen (secondary N) is 1. The molecule has 0 amide bonds. The van der Waals surface area contributed by atoms with Gasteiger partial charge in [-0.3, -0.25) is 5.43 Å². The smallest absolute Gasteiger partial charge is 0.238 e. The van der Waals surface area contributed by atoms with Crippen LogP contribution >= 0.6 is 23.2 Å². The molecule has 0 radical (unpaired) electrons. The van der Waals surface area contributed by atoms with E-state index in [2.05, 4.69) is 15.6 Å². The van der Waals surface area contributed by atoms with Crippen LogP contribution in [0.4, 0.5) is 5.69 Å². The molecule has 2 aromatic carbocycles. The lowest BCUT2D eigenvalue weighted by Crippen LogP contribution is -2.11. The summed E-state index contributed by atoms with van der Waals surface area (Å²) in [5.74, 6) is 0. The number of halogens is 2. The van der Waals surface area contributed by atoms with Crippen molar-refractivity contribution in [3.63, 3.8) is 0 Å². The van der Waals surface area contributed by atoms with E-state index in [-0.39, 0.29) is 4.90 Å². The summed E-state index contributed by atoms with van der Waals surface area (Å²) in [6.45, 7) is 2.35. The van der Waals surface area contributed by atoms with Crippen LogP contribution < -0.4 is 10.6 Å². The lowest BCUT2D eigenvalue weighted by atomic mass is 10.2. The molecule has 7 nitrogen and oxygen atoms in total. The number of aryl methyl sites for hydroxylation is 1. The molecule has 0 saturated heterocycles. The normalized spacial score (nSPS) is 11.9. The average molecular weight is 438 g/mol. The standard InChI is InChI=1S/C18H17Cl2N5O2S/c1-12-17(10-22-23-15-6-8-16(9-7-15)28(21,26)27)18(20)25(24-12)11-13-2-4-14(19)5-3-13/h2-10,23H,11H2,1H3,(H2,21,26,27)/b22-10+. The van der Waals surface area contributed by atoms with Crippen LogP contribution in [0.1, 0.15) is 16.8 Å². The lowest BCUT2D eigenvalue weighted by molar-refractivity contribution is 0.598. The zero-order valence-electron chi connectivity index (χ0n) is 14.8. The zero-order valence-corrected chi connectivity index (χ0v) is 17.1. The van der Waals surface area contributed by atoms with E-state index in [1.807, 2.05) is 31.2 Å². The number of hydrogen-bond acceptors (Lipinski definition) is 5. The highest BCUT2D eigenvalue weighted by Gasteiger charge is 2.12. The van der Waals surface area contributed by atoms with Crippen LogP contribution in [0.2, 0.25) is 10.2 Å². The number of primary sulfonamides is 1. The molecule has 3 aromatic rings. The Kier molecular flexibility index (Phi) is 6.04. The summed E-state index contributed by atoms with van der Waals surface area (Å²) < 4.78 is 24.2. The molecule has 1 heterocycles. The van der Waals surface area contributed by atoms with Gasteiger partial charge in [-0.1, -0.05) is 35.3 Å². The summed E-state index contributed by atoms with van der Waals surface area (Å²) in [5.41, 5.74) is 5.85. The summed E-state index contributed by atoms with van der Waals surface area (Å²) in [7, 11) is -3.72. The third kappa shape index (κ3) is 4.90. The Morgan fingerprint density at radius 2 is 1.79 bits per heavy atom. The van der Waals surface area contributed by atoms with Gasteiger partial charge in [-0.2, -0.15) is 10.2 Å². The molecule has 0 atom stereocenters. The van der Waals surface area contributed by atoms with E-state index >= 15 is 0 Å². The Labute approximate surface area is 172 Å². The predicted molar refractivity (Wildman–Crippen MR) is 112 cm³/mol. The zero-order chi connectivity index (χ0) is 20.3. The fraction of sp³-hybridized carbons (Fsp3) is 0.111. The molecule has 3 rings (SSSR count). The fourth-order valence-electron chi connectivity index (χ4n) is 2.47. The molecule has 1 aromatic heterocycles. The van der Waals surface area contributed by atoms with Crippen LogP contribution in [-0.4, -0.2) is 24.4 Å². The van der Waals surface area contributed by atoms with Gasteiger partial charge < -0.3 is 0 Å². The second-order valence-corrected chi connectivity index (χ2v) is 8.37. The van der Waals surface area contributed by atoms with Gasteiger partial charge in [0.05, 0.1) is 34.6 Å². The van der Waals surface area contributed by atoms with Gasteiger partial charge >= 0.3 is 0 Å². The first-order chi connectivity index (χ1) is 13.2. The topological polar surface area (TPSA) is 102 Å². The van der Waals surface area contributed by atoms with Crippen molar-refractivity contribution in [1.29, 1.82) is 0 Å². The van der Waals surface area contributed by atoms with Gasteiger partial charge in [-0.05, 0) is 48.9 Å². The molecule has 3 N–H and O–H groups in total. The maximum Gasteiger partial charge on any atom is 0.238 e. The highest BCUT2D eigenvalue weighted by molar-refractivity contribution is 7.89. The summed E-state index contributed by atoms with van der Waals surface area (Å²) in [6.07, 6.45) is 1.57. The van der Waals surface area contributed by atoms with E-state index < -0.39 is 10.0 Å². The molecule has 10 heteroatoms. The number of aromatic nitrogens is 2. The quantitative estimate of drug-likeness (QED) is 0.453. The molecular weight excluding hydrogens is 421 g/mol. The minimum Gasteiger partial charge on any atom is -0.279 e.